The Hall–Kier alpha value is -1.02. The summed E-state index contributed by atoms with van der Waals surface area (Å²) in [6.45, 7) is 5.44. The maximum atomic E-state index is 3.42. The normalized spacial score (nSPS) is 13.6. The number of aryl methyl sites for hydroxylation is 1. The number of nitrogens with zero attached hydrogens (tertiary/aromatic N) is 1. The van der Waals surface area contributed by atoms with Crippen molar-refractivity contribution in [3.8, 4) is 0 Å². The highest BCUT2D eigenvalue weighted by molar-refractivity contribution is 5.46. The van der Waals surface area contributed by atoms with E-state index in [1.165, 1.54) is 12.1 Å². The molecule has 0 spiro atoms. The van der Waals surface area contributed by atoms with Gasteiger partial charge in [-0.2, -0.15) is 0 Å². The summed E-state index contributed by atoms with van der Waals surface area (Å²) in [5.41, 5.74) is 1.25. The molecule has 1 heterocycles. The van der Waals surface area contributed by atoms with Crippen molar-refractivity contribution in [2.24, 2.45) is 7.05 Å². The van der Waals surface area contributed by atoms with Crippen LogP contribution >= 0.6 is 0 Å². The van der Waals surface area contributed by atoms with Gasteiger partial charge >= 0.3 is 0 Å². The van der Waals surface area contributed by atoms with E-state index >= 15 is 0 Å². The molecular formula is C12H20N2. The van der Waals surface area contributed by atoms with Crippen LogP contribution in [0, 0.1) is 0 Å². The van der Waals surface area contributed by atoms with Crippen molar-refractivity contribution in [3.63, 3.8) is 0 Å². The molecule has 1 unspecified atom stereocenters. The Morgan fingerprint density at radius 1 is 1.57 bits per heavy atom. The van der Waals surface area contributed by atoms with Crippen LogP contribution in [0.3, 0.4) is 0 Å². The van der Waals surface area contributed by atoms with Gasteiger partial charge in [-0.15, -0.1) is 0 Å². The molecule has 1 aromatic heterocycles. The van der Waals surface area contributed by atoms with Crippen LogP contribution in [0.15, 0.2) is 24.4 Å². The maximum absolute atomic E-state index is 3.42. The summed E-state index contributed by atoms with van der Waals surface area (Å²) in [6.07, 6.45) is 7.60. The summed E-state index contributed by atoms with van der Waals surface area (Å²) in [6, 6.07) is 4.62. The Morgan fingerprint density at radius 2 is 2.36 bits per heavy atom. The smallest absolute Gasteiger partial charge is 0.0401 e. The monoisotopic (exact) mass is 192 g/mol. The molecule has 2 nitrogen and oxygen atoms in total. The lowest BCUT2D eigenvalue weighted by atomic mass is 10.2. The first-order chi connectivity index (χ1) is 6.74. The van der Waals surface area contributed by atoms with Crippen molar-refractivity contribution in [3.05, 3.63) is 30.1 Å². The Balaban J connectivity index is 2.43. The average Bonchev–Trinajstić information content (AvgIpc) is 2.58. The molecule has 0 aromatic carbocycles. The second-order valence-electron chi connectivity index (χ2n) is 3.65. The molecule has 0 aliphatic carbocycles. The standard InChI is InChI=1S/C12H20N2/c1-4-9-13-11(2)7-8-12-6-5-10-14(12)3/h5-8,10-11,13H,4,9H2,1-3H3/b8-7+. The minimum absolute atomic E-state index is 0.449. The van der Waals surface area contributed by atoms with Crippen molar-refractivity contribution in [2.75, 3.05) is 6.54 Å². The fraction of sp³-hybridized carbons (Fsp3) is 0.500. The Morgan fingerprint density at radius 3 is 2.93 bits per heavy atom. The van der Waals surface area contributed by atoms with Crippen LogP contribution in [-0.4, -0.2) is 17.2 Å². The van der Waals surface area contributed by atoms with Crippen LogP contribution < -0.4 is 5.32 Å². The van der Waals surface area contributed by atoms with Crippen LogP contribution in [0.5, 0.6) is 0 Å². The Bertz CT molecular complexity index is 286. The lowest BCUT2D eigenvalue weighted by Gasteiger charge is -2.07. The molecule has 1 atom stereocenters. The van der Waals surface area contributed by atoms with E-state index < -0.39 is 0 Å². The second-order valence-corrected chi connectivity index (χ2v) is 3.65. The van der Waals surface area contributed by atoms with Crippen LogP contribution in [-0.2, 0) is 7.05 Å². The molecule has 14 heavy (non-hydrogen) atoms. The summed E-state index contributed by atoms with van der Waals surface area (Å²) in [5, 5.41) is 3.42. The van der Waals surface area contributed by atoms with E-state index in [2.05, 4.69) is 61.3 Å². The molecule has 0 saturated heterocycles. The maximum Gasteiger partial charge on any atom is 0.0401 e. The lowest BCUT2D eigenvalue weighted by Crippen LogP contribution is -2.24. The molecule has 0 aliphatic rings. The third-order valence-corrected chi connectivity index (χ3v) is 2.26. The zero-order chi connectivity index (χ0) is 10.4. The number of aromatic nitrogens is 1. The van der Waals surface area contributed by atoms with E-state index in [4.69, 9.17) is 0 Å². The van der Waals surface area contributed by atoms with Gasteiger partial charge in [0.25, 0.3) is 0 Å². The summed E-state index contributed by atoms with van der Waals surface area (Å²) in [5.74, 6) is 0. The minimum atomic E-state index is 0.449. The quantitative estimate of drug-likeness (QED) is 0.758. The fourth-order valence-electron chi connectivity index (χ4n) is 1.33. The van der Waals surface area contributed by atoms with Crippen LogP contribution in [0.25, 0.3) is 6.08 Å². The van der Waals surface area contributed by atoms with E-state index in [1.54, 1.807) is 0 Å². The second kappa shape index (κ2) is 5.66. The highest BCUT2D eigenvalue weighted by atomic mass is 14.9. The fourth-order valence-corrected chi connectivity index (χ4v) is 1.33. The van der Waals surface area contributed by atoms with Gasteiger partial charge in [0.2, 0.25) is 0 Å². The highest BCUT2D eigenvalue weighted by Crippen LogP contribution is 2.02. The third-order valence-electron chi connectivity index (χ3n) is 2.26. The molecule has 0 aliphatic heterocycles. The molecule has 78 valence electrons. The third kappa shape index (κ3) is 3.38. The molecule has 0 radical (unpaired) electrons. The van der Waals surface area contributed by atoms with Gasteiger partial charge < -0.3 is 9.88 Å². The molecule has 0 bridgehead atoms. The average molecular weight is 192 g/mol. The summed E-state index contributed by atoms with van der Waals surface area (Å²) >= 11 is 0. The zero-order valence-corrected chi connectivity index (χ0v) is 9.33. The number of rotatable bonds is 5. The van der Waals surface area contributed by atoms with Crippen LogP contribution in [0.4, 0.5) is 0 Å². The van der Waals surface area contributed by atoms with Gasteiger partial charge in [0.15, 0.2) is 0 Å². The lowest BCUT2D eigenvalue weighted by molar-refractivity contribution is 0.625. The van der Waals surface area contributed by atoms with Gasteiger partial charge in [-0.3, -0.25) is 0 Å². The number of hydrogen-bond donors (Lipinski definition) is 1. The van der Waals surface area contributed by atoms with E-state index in [0.717, 1.165) is 6.54 Å². The van der Waals surface area contributed by atoms with Gasteiger partial charge in [0, 0.05) is 25.0 Å². The summed E-state index contributed by atoms with van der Waals surface area (Å²) < 4.78 is 2.11. The van der Waals surface area contributed by atoms with Crippen LogP contribution in [0.2, 0.25) is 0 Å². The molecule has 1 N–H and O–H groups in total. The van der Waals surface area contributed by atoms with E-state index in [-0.39, 0.29) is 0 Å². The predicted octanol–water partition coefficient (Wildman–Crippen LogP) is 2.43. The van der Waals surface area contributed by atoms with Gasteiger partial charge in [0.05, 0.1) is 0 Å². The van der Waals surface area contributed by atoms with Crippen molar-refractivity contribution < 1.29 is 0 Å². The van der Waals surface area contributed by atoms with Gasteiger partial charge in [0.1, 0.15) is 0 Å². The first-order valence-electron chi connectivity index (χ1n) is 5.27. The van der Waals surface area contributed by atoms with Gasteiger partial charge in [-0.05, 0) is 38.1 Å². The molecule has 1 rings (SSSR count). The van der Waals surface area contributed by atoms with E-state index in [0.29, 0.717) is 6.04 Å². The Labute approximate surface area is 86.6 Å². The van der Waals surface area contributed by atoms with Crippen molar-refractivity contribution in [2.45, 2.75) is 26.3 Å². The molecule has 2 heteroatoms. The summed E-state index contributed by atoms with van der Waals surface area (Å²) in [4.78, 5) is 0. The molecular weight excluding hydrogens is 172 g/mol. The van der Waals surface area contributed by atoms with Crippen molar-refractivity contribution >= 4 is 6.08 Å². The van der Waals surface area contributed by atoms with Gasteiger partial charge in [-0.1, -0.05) is 13.0 Å². The van der Waals surface area contributed by atoms with Crippen LogP contribution in [0.1, 0.15) is 26.0 Å². The molecule has 0 saturated carbocycles. The number of nitrogens with one attached hydrogen (secondary N) is 1. The number of hydrogen-bond acceptors (Lipinski definition) is 1. The van der Waals surface area contributed by atoms with Crippen molar-refractivity contribution in [1.29, 1.82) is 0 Å². The highest BCUT2D eigenvalue weighted by Gasteiger charge is 1.95. The van der Waals surface area contributed by atoms with Gasteiger partial charge in [-0.25, -0.2) is 0 Å². The Kier molecular flexibility index (Phi) is 4.47. The topological polar surface area (TPSA) is 17.0 Å². The van der Waals surface area contributed by atoms with E-state index in [1.807, 2.05) is 0 Å². The largest absolute Gasteiger partial charge is 0.351 e. The molecule has 0 fully saturated rings. The first kappa shape index (κ1) is 11.1. The zero-order valence-electron chi connectivity index (χ0n) is 9.33. The SMILES string of the molecule is CCCNC(C)/C=C/c1cccn1C. The first-order valence-corrected chi connectivity index (χ1v) is 5.27. The minimum Gasteiger partial charge on any atom is -0.351 e. The molecule has 0 amide bonds. The predicted molar refractivity (Wildman–Crippen MR) is 62.2 cm³/mol. The van der Waals surface area contributed by atoms with E-state index in [9.17, 15) is 0 Å². The van der Waals surface area contributed by atoms with Crippen molar-refractivity contribution in [1.82, 2.24) is 9.88 Å². The summed E-state index contributed by atoms with van der Waals surface area (Å²) in [7, 11) is 2.06. The molecule has 1 aromatic rings.